The number of fused-ring (bicyclic) bond motifs is 2. The summed E-state index contributed by atoms with van der Waals surface area (Å²) in [5.74, 6) is 1.55. The molecule has 2 aliphatic heterocycles. The SMILES string of the molecule is COC(=O)c1ccc2nc(CN3CCC(c4cccc(OCc5ccc(C#N)c6ccoc56)n4)CC3)n(C[C@@H]3CCO3)c2c1. The van der Waals surface area contributed by atoms with Crippen LogP contribution >= 0.6 is 0 Å². The summed E-state index contributed by atoms with van der Waals surface area (Å²) in [5.41, 5.74) is 5.50. The lowest BCUT2D eigenvalue weighted by Crippen LogP contribution is -2.35. The van der Waals surface area contributed by atoms with Crippen LogP contribution in [0.25, 0.3) is 22.0 Å². The third-order valence-corrected chi connectivity index (χ3v) is 8.74. The lowest BCUT2D eigenvalue weighted by Gasteiger charge is -2.32. The molecule has 3 aromatic heterocycles. The van der Waals surface area contributed by atoms with Crippen molar-refractivity contribution in [2.75, 3.05) is 26.8 Å². The fourth-order valence-electron chi connectivity index (χ4n) is 6.18. The van der Waals surface area contributed by atoms with Gasteiger partial charge < -0.3 is 23.2 Å². The van der Waals surface area contributed by atoms with Crippen LogP contribution in [0.5, 0.6) is 5.88 Å². The molecule has 10 nitrogen and oxygen atoms in total. The number of likely N-dealkylation sites (tertiary alicyclic amines) is 1. The predicted molar refractivity (Wildman–Crippen MR) is 162 cm³/mol. The molecule has 0 bridgehead atoms. The van der Waals surface area contributed by atoms with E-state index >= 15 is 0 Å². The first-order chi connectivity index (χ1) is 21.6. The minimum atomic E-state index is -0.352. The fourth-order valence-corrected chi connectivity index (χ4v) is 6.18. The number of ether oxygens (including phenoxy) is 3. The Kier molecular flexibility index (Phi) is 7.73. The number of imidazole rings is 1. The maximum Gasteiger partial charge on any atom is 0.337 e. The predicted octanol–water partition coefficient (Wildman–Crippen LogP) is 5.58. The minimum Gasteiger partial charge on any atom is -0.473 e. The van der Waals surface area contributed by atoms with Crippen molar-refractivity contribution in [3.05, 3.63) is 89.1 Å². The van der Waals surface area contributed by atoms with Crippen LogP contribution in [-0.4, -0.2) is 58.3 Å². The average Bonchev–Trinajstić information content (AvgIpc) is 3.66. The summed E-state index contributed by atoms with van der Waals surface area (Å²) in [4.78, 5) is 24.5. The topological polar surface area (TPSA) is 116 Å². The highest BCUT2D eigenvalue weighted by atomic mass is 16.5. The molecule has 2 aromatic carbocycles. The molecule has 7 rings (SSSR count). The van der Waals surface area contributed by atoms with E-state index in [9.17, 15) is 10.1 Å². The van der Waals surface area contributed by atoms with Crippen molar-refractivity contribution in [2.45, 2.75) is 51.0 Å². The number of hydrogen-bond donors (Lipinski definition) is 0. The number of rotatable bonds is 9. The number of pyridine rings is 1. The second-order valence-corrected chi connectivity index (χ2v) is 11.4. The Bertz CT molecular complexity index is 1860. The molecule has 0 amide bonds. The standard InChI is InChI=1S/C34H33N5O5/c1-41-34(40)23-7-8-29-30(17-23)39(19-26-11-15-42-26)31(36-29)20-38-13-9-22(10-14-38)28-3-2-4-32(37-28)44-21-25-6-5-24(18-35)27-12-16-43-33(25)27/h2-8,12,16-17,22,26H,9-11,13-15,19-21H2,1H3/t26-/m0/s1. The fraction of sp³-hybridized carbons (Fsp3) is 0.353. The summed E-state index contributed by atoms with van der Waals surface area (Å²) in [5, 5.41) is 10.1. The molecular weight excluding hydrogens is 558 g/mol. The molecule has 2 fully saturated rings. The van der Waals surface area contributed by atoms with Gasteiger partial charge in [0.2, 0.25) is 5.88 Å². The van der Waals surface area contributed by atoms with Crippen LogP contribution in [0.2, 0.25) is 0 Å². The van der Waals surface area contributed by atoms with E-state index in [2.05, 4.69) is 21.6 Å². The number of nitrogens with zero attached hydrogens (tertiary/aromatic N) is 5. The molecule has 0 N–H and O–H groups in total. The Morgan fingerprint density at radius 3 is 2.73 bits per heavy atom. The number of esters is 1. The second kappa shape index (κ2) is 12.1. The van der Waals surface area contributed by atoms with Gasteiger partial charge in [-0.3, -0.25) is 4.90 Å². The van der Waals surface area contributed by atoms with Gasteiger partial charge in [-0.25, -0.2) is 14.8 Å². The quantitative estimate of drug-likeness (QED) is 0.203. The number of piperidine rings is 1. The Morgan fingerprint density at radius 2 is 1.95 bits per heavy atom. The summed E-state index contributed by atoms with van der Waals surface area (Å²) < 4.78 is 24.6. The molecule has 2 aliphatic rings. The molecule has 0 spiro atoms. The molecule has 5 aromatic rings. The first-order valence-electron chi connectivity index (χ1n) is 15.0. The van der Waals surface area contributed by atoms with Crippen LogP contribution in [0.3, 0.4) is 0 Å². The molecule has 5 heterocycles. The second-order valence-electron chi connectivity index (χ2n) is 11.4. The minimum absolute atomic E-state index is 0.168. The molecule has 2 saturated heterocycles. The van der Waals surface area contributed by atoms with E-state index in [0.29, 0.717) is 35.1 Å². The van der Waals surface area contributed by atoms with Crippen LogP contribution < -0.4 is 4.74 Å². The lowest BCUT2D eigenvalue weighted by molar-refractivity contribution is -0.0592. The third-order valence-electron chi connectivity index (χ3n) is 8.74. The first kappa shape index (κ1) is 28.1. The van der Waals surface area contributed by atoms with Crippen LogP contribution in [0.4, 0.5) is 0 Å². The van der Waals surface area contributed by atoms with Crippen molar-refractivity contribution < 1.29 is 23.4 Å². The molecule has 0 saturated carbocycles. The molecule has 1 atom stereocenters. The van der Waals surface area contributed by atoms with Crippen molar-refractivity contribution in [2.24, 2.45) is 0 Å². The van der Waals surface area contributed by atoms with E-state index in [-0.39, 0.29) is 12.1 Å². The van der Waals surface area contributed by atoms with Crippen molar-refractivity contribution in [3.8, 4) is 11.9 Å². The van der Waals surface area contributed by atoms with Crippen LogP contribution in [0, 0.1) is 11.3 Å². The summed E-state index contributed by atoms with van der Waals surface area (Å²) >= 11 is 0. The zero-order valence-electron chi connectivity index (χ0n) is 24.6. The molecule has 10 heteroatoms. The number of furan rings is 1. The Balaban J connectivity index is 1.01. The smallest absolute Gasteiger partial charge is 0.337 e. The highest BCUT2D eigenvalue weighted by Crippen LogP contribution is 2.30. The summed E-state index contributed by atoms with van der Waals surface area (Å²) in [6, 6.07) is 19.2. The van der Waals surface area contributed by atoms with Crippen molar-refractivity contribution in [3.63, 3.8) is 0 Å². The molecule has 0 radical (unpaired) electrons. The number of benzene rings is 2. The van der Waals surface area contributed by atoms with Gasteiger partial charge in [0.25, 0.3) is 0 Å². The maximum atomic E-state index is 12.2. The zero-order chi connectivity index (χ0) is 30.0. The van der Waals surface area contributed by atoms with Crippen molar-refractivity contribution in [1.82, 2.24) is 19.4 Å². The Hall–Kier alpha value is -4.72. The third kappa shape index (κ3) is 5.52. The number of carbonyl (C=O) groups is 1. The van der Waals surface area contributed by atoms with Gasteiger partial charge in [-0.2, -0.15) is 5.26 Å². The van der Waals surface area contributed by atoms with E-state index in [1.54, 1.807) is 18.4 Å². The van der Waals surface area contributed by atoms with Crippen molar-refractivity contribution >= 4 is 28.0 Å². The van der Waals surface area contributed by atoms with E-state index in [1.807, 2.05) is 36.4 Å². The van der Waals surface area contributed by atoms with E-state index < -0.39 is 0 Å². The Labute approximate surface area is 254 Å². The lowest BCUT2D eigenvalue weighted by atomic mass is 9.93. The van der Waals surface area contributed by atoms with Gasteiger partial charge in [-0.05, 0) is 68.8 Å². The van der Waals surface area contributed by atoms with Gasteiger partial charge in [0.05, 0.1) is 60.8 Å². The van der Waals surface area contributed by atoms with E-state index in [0.717, 1.165) is 85.5 Å². The largest absolute Gasteiger partial charge is 0.473 e. The highest BCUT2D eigenvalue weighted by molar-refractivity contribution is 5.93. The van der Waals surface area contributed by atoms with Gasteiger partial charge in [0.1, 0.15) is 18.0 Å². The van der Waals surface area contributed by atoms with E-state index in [1.165, 1.54) is 7.11 Å². The number of hydrogen-bond acceptors (Lipinski definition) is 9. The zero-order valence-corrected chi connectivity index (χ0v) is 24.6. The first-order valence-corrected chi connectivity index (χ1v) is 15.0. The van der Waals surface area contributed by atoms with Crippen LogP contribution in [-0.2, 0) is 29.2 Å². The maximum absolute atomic E-state index is 12.2. The number of carbonyl (C=O) groups excluding carboxylic acids is 1. The number of aromatic nitrogens is 3. The Morgan fingerprint density at radius 1 is 1.09 bits per heavy atom. The summed E-state index contributed by atoms with van der Waals surface area (Å²) in [6.07, 6.45) is 4.76. The van der Waals surface area contributed by atoms with Gasteiger partial charge in [0, 0.05) is 35.2 Å². The monoisotopic (exact) mass is 591 g/mol. The molecule has 44 heavy (non-hydrogen) atoms. The number of methoxy groups -OCH3 is 1. The molecule has 0 aliphatic carbocycles. The molecular formula is C34H33N5O5. The van der Waals surface area contributed by atoms with Gasteiger partial charge in [-0.1, -0.05) is 12.1 Å². The average molecular weight is 592 g/mol. The van der Waals surface area contributed by atoms with Gasteiger partial charge in [-0.15, -0.1) is 0 Å². The number of nitriles is 1. The summed E-state index contributed by atoms with van der Waals surface area (Å²) in [7, 11) is 1.40. The normalized spacial score (nSPS) is 17.4. The van der Waals surface area contributed by atoms with Gasteiger partial charge >= 0.3 is 5.97 Å². The molecule has 224 valence electrons. The summed E-state index contributed by atoms with van der Waals surface area (Å²) in [6.45, 7) is 4.39. The van der Waals surface area contributed by atoms with E-state index in [4.69, 9.17) is 28.6 Å². The molecule has 0 unspecified atom stereocenters. The highest BCUT2D eigenvalue weighted by Gasteiger charge is 2.26. The van der Waals surface area contributed by atoms with Gasteiger partial charge in [0.15, 0.2) is 0 Å². The van der Waals surface area contributed by atoms with Crippen LogP contribution in [0.15, 0.2) is 65.3 Å². The van der Waals surface area contributed by atoms with Crippen molar-refractivity contribution in [1.29, 1.82) is 5.26 Å². The van der Waals surface area contributed by atoms with Crippen LogP contribution in [0.1, 0.15) is 58.2 Å².